The highest BCUT2D eigenvalue weighted by Crippen LogP contribution is 2.44. The SMILES string of the molecule is CCOC(=O)C/C=C1\CC(CC)C(c2nnc3cnc4[nH]ccc4n23)C1. The van der Waals surface area contributed by atoms with Crippen molar-refractivity contribution in [2.75, 3.05) is 6.61 Å². The van der Waals surface area contributed by atoms with E-state index < -0.39 is 0 Å². The number of nitrogens with one attached hydrogen (secondary N) is 1. The summed E-state index contributed by atoms with van der Waals surface area (Å²) < 4.78 is 7.14. The van der Waals surface area contributed by atoms with Gasteiger partial charge in [-0.05, 0) is 31.7 Å². The first kappa shape index (κ1) is 16.8. The van der Waals surface area contributed by atoms with Crippen molar-refractivity contribution >= 4 is 22.8 Å². The molecule has 1 saturated carbocycles. The van der Waals surface area contributed by atoms with E-state index in [1.165, 1.54) is 5.57 Å². The van der Waals surface area contributed by atoms with Crippen LogP contribution in [0, 0.1) is 5.92 Å². The maximum Gasteiger partial charge on any atom is 0.309 e. The Kier molecular flexibility index (Phi) is 4.44. The summed E-state index contributed by atoms with van der Waals surface area (Å²) >= 11 is 0. The maximum atomic E-state index is 11.6. The van der Waals surface area contributed by atoms with Crippen molar-refractivity contribution in [2.24, 2.45) is 5.92 Å². The van der Waals surface area contributed by atoms with Crippen LogP contribution in [0.1, 0.15) is 51.3 Å². The zero-order valence-electron chi connectivity index (χ0n) is 15.1. The summed E-state index contributed by atoms with van der Waals surface area (Å²) in [6.07, 6.45) is 9.00. The van der Waals surface area contributed by atoms with Gasteiger partial charge >= 0.3 is 5.97 Å². The molecule has 0 bridgehead atoms. The Morgan fingerprint density at radius 1 is 1.38 bits per heavy atom. The lowest BCUT2D eigenvalue weighted by Crippen LogP contribution is -2.09. The van der Waals surface area contributed by atoms with Crippen molar-refractivity contribution in [3.63, 3.8) is 0 Å². The Morgan fingerprint density at radius 3 is 3.08 bits per heavy atom. The molecule has 0 amide bonds. The molecule has 1 aliphatic rings. The molecule has 1 fully saturated rings. The molecule has 2 atom stereocenters. The number of fused-ring (bicyclic) bond motifs is 3. The summed E-state index contributed by atoms with van der Waals surface area (Å²) in [5, 5.41) is 8.83. The standard InChI is InChI=1S/C19H23N5O2/c1-3-13-9-12(5-6-17(25)26-4-2)10-14(13)19-23-22-16-11-21-18-15(24(16)19)7-8-20-18/h5,7-8,11,13-14,20H,3-4,6,9-10H2,1-2H3/b12-5+. The van der Waals surface area contributed by atoms with E-state index in [-0.39, 0.29) is 5.97 Å². The van der Waals surface area contributed by atoms with Gasteiger partial charge in [0, 0.05) is 12.1 Å². The van der Waals surface area contributed by atoms with E-state index in [0.717, 1.165) is 41.9 Å². The molecule has 1 N–H and O–H groups in total. The van der Waals surface area contributed by atoms with Gasteiger partial charge in [0.25, 0.3) is 0 Å². The molecule has 26 heavy (non-hydrogen) atoms. The second kappa shape index (κ2) is 6.90. The van der Waals surface area contributed by atoms with Crippen LogP contribution >= 0.6 is 0 Å². The number of nitrogens with zero attached hydrogens (tertiary/aromatic N) is 4. The first-order chi connectivity index (χ1) is 12.7. The van der Waals surface area contributed by atoms with Crippen LogP contribution < -0.4 is 0 Å². The third-order valence-corrected chi connectivity index (χ3v) is 5.26. The zero-order valence-corrected chi connectivity index (χ0v) is 15.1. The number of hydrogen-bond acceptors (Lipinski definition) is 5. The number of carbonyl (C=O) groups excluding carboxylic acids is 1. The molecule has 0 spiro atoms. The van der Waals surface area contributed by atoms with Crippen molar-refractivity contribution in [2.45, 2.75) is 45.4 Å². The van der Waals surface area contributed by atoms with Gasteiger partial charge in [-0.25, -0.2) is 4.98 Å². The third kappa shape index (κ3) is 2.87. The predicted octanol–water partition coefficient (Wildman–Crippen LogP) is 3.39. The molecule has 1 aliphatic carbocycles. The molecule has 0 radical (unpaired) electrons. The first-order valence-electron chi connectivity index (χ1n) is 9.21. The molecule has 4 rings (SSSR count). The lowest BCUT2D eigenvalue weighted by molar-refractivity contribution is -0.142. The summed E-state index contributed by atoms with van der Waals surface area (Å²) in [4.78, 5) is 19.2. The van der Waals surface area contributed by atoms with Crippen LogP contribution in [0.3, 0.4) is 0 Å². The maximum absolute atomic E-state index is 11.6. The lowest BCUT2D eigenvalue weighted by atomic mass is 9.93. The van der Waals surface area contributed by atoms with E-state index >= 15 is 0 Å². The van der Waals surface area contributed by atoms with Crippen LogP contribution in [0.2, 0.25) is 0 Å². The van der Waals surface area contributed by atoms with Gasteiger partial charge < -0.3 is 9.72 Å². The van der Waals surface area contributed by atoms with Crippen LogP contribution in [0.5, 0.6) is 0 Å². The number of carbonyl (C=O) groups is 1. The number of hydrogen-bond donors (Lipinski definition) is 1. The van der Waals surface area contributed by atoms with Gasteiger partial charge in [0.1, 0.15) is 5.82 Å². The molecule has 3 aromatic heterocycles. The Balaban J connectivity index is 1.66. The Hall–Kier alpha value is -2.70. The minimum absolute atomic E-state index is 0.162. The van der Waals surface area contributed by atoms with Gasteiger partial charge in [0.2, 0.25) is 0 Å². The third-order valence-electron chi connectivity index (χ3n) is 5.26. The number of ether oxygens (including phenoxy) is 1. The lowest BCUT2D eigenvalue weighted by Gasteiger charge is -2.15. The Labute approximate surface area is 151 Å². The molecule has 7 heteroatoms. The summed E-state index contributed by atoms with van der Waals surface area (Å²) in [5.74, 6) is 1.62. The molecule has 3 aromatic rings. The summed E-state index contributed by atoms with van der Waals surface area (Å²) in [6.45, 7) is 4.47. The van der Waals surface area contributed by atoms with Crippen LogP contribution in [-0.4, -0.2) is 37.1 Å². The average molecular weight is 353 g/mol. The average Bonchev–Trinajstić information content (AvgIpc) is 3.35. The van der Waals surface area contributed by atoms with Crippen molar-refractivity contribution < 1.29 is 9.53 Å². The highest BCUT2D eigenvalue weighted by atomic mass is 16.5. The van der Waals surface area contributed by atoms with Gasteiger partial charge in [-0.2, -0.15) is 0 Å². The normalized spacial score (nSPS) is 21.8. The van der Waals surface area contributed by atoms with E-state index in [2.05, 4.69) is 31.5 Å². The smallest absolute Gasteiger partial charge is 0.309 e. The number of aromatic amines is 1. The van der Waals surface area contributed by atoms with Crippen molar-refractivity contribution in [1.82, 2.24) is 24.6 Å². The van der Waals surface area contributed by atoms with Crippen LogP contribution in [0.15, 0.2) is 30.1 Å². The summed E-state index contributed by atoms with van der Waals surface area (Å²) in [6, 6.07) is 2.01. The second-order valence-corrected chi connectivity index (χ2v) is 6.78. The summed E-state index contributed by atoms with van der Waals surface area (Å²) in [5.41, 5.74) is 3.92. The topological polar surface area (TPSA) is 85.2 Å². The van der Waals surface area contributed by atoms with E-state index in [0.29, 0.717) is 24.9 Å². The minimum atomic E-state index is -0.162. The number of esters is 1. The molecule has 2 unspecified atom stereocenters. The fraction of sp³-hybridized carbons (Fsp3) is 0.474. The van der Waals surface area contributed by atoms with Crippen molar-refractivity contribution in [3.05, 3.63) is 35.9 Å². The van der Waals surface area contributed by atoms with Crippen molar-refractivity contribution in [1.29, 1.82) is 0 Å². The van der Waals surface area contributed by atoms with Gasteiger partial charge in [0.15, 0.2) is 11.3 Å². The second-order valence-electron chi connectivity index (χ2n) is 6.78. The number of rotatable bonds is 5. The Morgan fingerprint density at radius 2 is 2.27 bits per heavy atom. The molecule has 0 saturated heterocycles. The first-order valence-corrected chi connectivity index (χ1v) is 9.21. The number of aromatic nitrogens is 5. The predicted molar refractivity (Wildman–Crippen MR) is 97.7 cm³/mol. The molecule has 0 aromatic carbocycles. The number of allylic oxidation sites excluding steroid dienone is 1. The monoisotopic (exact) mass is 353 g/mol. The quantitative estimate of drug-likeness (QED) is 0.561. The highest BCUT2D eigenvalue weighted by Gasteiger charge is 2.34. The van der Waals surface area contributed by atoms with Crippen LogP contribution in [0.25, 0.3) is 16.8 Å². The molecule has 136 valence electrons. The Bertz CT molecular complexity index is 971. The molecule has 7 nitrogen and oxygen atoms in total. The molecule has 0 aliphatic heterocycles. The highest BCUT2D eigenvalue weighted by molar-refractivity contribution is 5.74. The van der Waals surface area contributed by atoms with Gasteiger partial charge in [-0.1, -0.05) is 25.0 Å². The van der Waals surface area contributed by atoms with Gasteiger partial charge in [-0.15, -0.1) is 10.2 Å². The van der Waals surface area contributed by atoms with Crippen LogP contribution in [0.4, 0.5) is 0 Å². The summed E-state index contributed by atoms with van der Waals surface area (Å²) in [7, 11) is 0. The van der Waals surface area contributed by atoms with Crippen LogP contribution in [-0.2, 0) is 9.53 Å². The van der Waals surface area contributed by atoms with E-state index in [1.807, 2.05) is 25.3 Å². The largest absolute Gasteiger partial charge is 0.466 e. The van der Waals surface area contributed by atoms with E-state index in [4.69, 9.17) is 4.74 Å². The van der Waals surface area contributed by atoms with E-state index in [1.54, 1.807) is 6.20 Å². The van der Waals surface area contributed by atoms with E-state index in [9.17, 15) is 4.79 Å². The van der Waals surface area contributed by atoms with Gasteiger partial charge in [-0.3, -0.25) is 9.20 Å². The van der Waals surface area contributed by atoms with Gasteiger partial charge in [0.05, 0.1) is 24.7 Å². The number of H-pyrrole nitrogens is 1. The van der Waals surface area contributed by atoms with Crippen molar-refractivity contribution in [3.8, 4) is 0 Å². The molecular formula is C19H23N5O2. The fourth-order valence-electron chi connectivity index (χ4n) is 3.99. The fourth-order valence-corrected chi connectivity index (χ4v) is 3.99. The molecular weight excluding hydrogens is 330 g/mol. The molecule has 3 heterocycles. The zero-order chi connectivity index (χ0) is 18.1. The minimum Gasteiger partial charge on any atom is -0.466 e.